The fraction of sp³-hybridized carbons (Fsp3) is 0.667. The van der Waals surface area contributed by atoms with Crippen LogP contribution in [0.25, 0.3) is 0 Å². The summed E-state index contributed by atoms with van der Waals surface area (Å²) in [6.45, 7) is 9.06. The quantitative estimate of drug-likeness (QED) is 0.429. The van der Waals surface area contributed by atoms with Gasteiger partial charge in [-0.3, -0.25) is 4.79 Å². The molecule has 0 fully saturated rings. The van der Waals surface area contributed by atoms with E-state index in [0.717, 1.165) is 30.2 Å². The van der Waals surface area contributed by atoms with E-state index in [1.807, 2.05) is 12.1 Å². The van der Waals surface area contributed by atoms with E-state index >= 15 is 0 Å². The number of Topliss-reactive ketones (excluding diaryl/α,β-unsaturated/α-hetero) is 1. The van der Waals surface area contributed by atoms with Crippen molar-refractivity contribution < 1.29 is 4.79 Å². The lowest BCUT2D eigenvalue weighted by Gasteiger charge is -2.19. The predicted molar refractivity (Wildman–Crippen MR) is 96.5 cm³/mol. The topological polar surface area (TPSA) is 17.1 Å². The molecular formula is C21H34O. The fourth-order valence-electron chi connectivity index (χ4n) is 3.29. The zero-order chi connectivity index (χ0) is 16.4. The van der Waals surface area contributed by atoms with E-state index in [2.05, 4.69) is 39.8 Å². The molecule has 0 amide bonds. The molecule has 0 heterocycles. The Labute approximate surface area is 137 Å². The summed E-state index contributed by atoms with van der Waals surface area (Å²) >= 11 is 0. The monoisotopic (exact) mass is 302 g/mol. The summed E-state index contributed by atoms with van der Waals surface area (Å²) in [7, 11) is 0. The van der Waals surface area contributed by atoms with Gasteiger partial charge in [-0.1, -0.05) is 77.6 Å². The maximum Gasteiger partial charge on any atom is 0.162 e. The minimum Gasteiger partial charge on any atom is -0.294 e. The molecule has 1 aromatic rings. The molecule has 0 bridgehead atoms. The predicted octanol–water partition coefficient (Wildman–Crippen LogP) is 6.45. The van der Waals surface area contributed by atoms with Gasteiger partial charge in [-0.2, -0.15) is 0 Å². The van der Waals surface area contributed by atoms with Crippen molar-refractivity contribution in [2.24, 2.45) is 11.8 Å². The number of carbonyl (C=O) groups excluding carboxylic acids is 1. The lowest BCUT2D eigenvalue weighted by molar-refractivity contribution is 0.0977. The van der Waals surface area contributed by atoms with Crippen molar-refractivity contribution in [3.8, 4) is 0 Å². The number of ketones is 1. The highest BCUT2D eigenvalue weighted by atomic mass is 16.1. The molecule has 1 rings (SSSR count). The molecule has 0 aliphatic rings. The first-order chi connectivity index (χ1) is 10.6. The van der Waals surface area contributed by atoms with Gasteiger partial charge in [-0.15, -0.1) is 0 Å². The molecule has 0 spiro atoms. The van der Waals surface area contributed by atoms with E-state index in [1.165, 1.54) is 37.7 Å². The van der Waals surface area contributed by atoms with Crippen molar-refractivity contribution in [3.63, 3.8) is 0 Å². The summed E-state index contributed by atoms with van der Waals surface area (Å²) < 4.78 is 0. The van der Waals surface area contributed by atoms with Crippen molar-refractivity contribution in [1.82, 2.24) is 0 Å². The lowest BCUT2D eigenvalue weighted by Crippen LogP contribution is -2.07. The third kappa shape index (κ3) is 6.77. The molecule has 0 saturated carbocycles. The average Bonchev–Trinajstić information content (AvgIpc) is 2.54. The standard InChI is InChI=1S/C21H34O/c1-5-9-17(4)16-19(7-3)10-8-11-21(22)20-14-12-18(6-2)13-15-20/h12-15,17,19H,5-11,16H2,1-4H3. The van der Waals surface area contributed by atoms with Gasteiger partial charge in [0.25, 0.3) is 0 Å². The third-order valence-electron chi connectivity index (χ3n) is 4.79. The van der Waals surface area contributed by atoms with Gasteiger partial charge >= 0.3 is 0 Å². The summed E-state index contributed by atoms with van der Waals surface area (Å²) in [5.41, 5.74) is 2.18. The number of rotatable bonds is 11. The second kappa shape index (κ2) is 10.6. The van der Waals surface area contributed by atoms with Gasteiger partial charge in [0, 0.05) is 12.0 Å². The highest BCUT2D eigenvalue weighted by Gasteiger charge is 2.12. The van der Waals surface area contributed by atoms with Crippen LogP contribution in [0.1, 0.15) is 88.6 Å². The molecule has 1 heteroatoms. The van der Waals surface area contributed by atoms with E-state index in [1.54, 1.807) is 0 Å². The second-order valence-electron chi connectivity index (χ2n) is 6.77. The van der Waals surface area contributed by atoms with Crippen LogP contribution in [0.5, 0.6) is 0 Å². The van der Waals surface area contributed by atoms with Gasteiger partial charge in [-0.25, -0.2) is 0 Å². The Morgan fingerprint density at radius 3 is 2.27 bits per heavy atom. The van der Waals surface area contributed by atoms with Crippen molar-refractivity contribution in [2.45, 2.75) is 79.1 Å². The SMILES string of the molecule is CCCC(C)CC(CC)CCCC(=O)c1ccc(CC)cc1. The number of hydrogen-bond donors (Lipinski definition) is 0. The Balaban J connectivity index is 2.36. The van der Waals surface area contributed by atoms with Crippen LogP contribution in [0.2, 0.25) is 0 Å². The third-order valence-corrected chi connectivity index (χ3v) is 4.79. The lowest BCUT2D eigenvalue weighted by atomic mass is 9.87. The molecule has 0 aromatic heterocycles. The summed E-state index contributed by atoms with van der Waals surface area (Å²) in [6, 6.07) is 8.13. The van der Waals surface area contributed by atoms with Gasteiger partial charge in [-0.05, 0) is 36.7 Å². The van der Waals surface area contributed by atoms with Gasteiger partial charge in [0.15, 0.2) is 5.78 Å². The maximum absolute atomic E-state index is 12.2. The summed E-state index contributed by atoms with van der Waals surface area (Å²) in [4.78, 5) is 12.2. The van der Waals surface area contributed by atoms with Crippen LogP contribution in [0.15, 0.2) is 24.3 Å². The van der Waals surface area contributed by atoms with Crippen molar-refractivity contribution in [2.75, 3.05) is 0 Å². The van der Waals surface area contributed by atoms with Gasteiger partial charge < -0.3 is 0 Å². The number of carbonyl (C=O) groups is 1. The molecule has 22 heavy (non-hydrogen) atoms. The molecule has 0 radical (unpaired) electrons. The highest BCUT2D eigenvalue weighted by Crippen LogP contribution is 2.24. The van der Waals surface area contributed by atoms with E-state index in [9.17, 15) is 4.79 Å². The zero-order valence-corrected chi connectivity index (χ0v) is 15.0. The molecule has 0 aliphatic heterocycles. The molecule has 0 N–H and O–H groups in total. The van der Waals surface area contributed by atoms with Gasteiger partial charge in [0.1, 0.15) is 0 Å². The molecule has 1 aromatic carbocycles. The highest BCUT2D eigenvalue weighted by molar-refractivity contribution is 5.96. The minimum atomic E-state index is 0.305. The Morgan fingerprint density at radius 2 is 1.73 bits per heavy atom. The second-order valence-corrected chi connectivity index (χ2v) is 6.77. The van der Waals surface area contributed by atoms with Gasteiger partial charge in [0.05, 0.1) is 0 Å². The average molecular weight is 303 g/mol. The largest absolute Gasteiger partial charge is 0.294 e. The smallest absolute Gasteiger partial charge is 0.162 e. The van der Waals surface area contributed by atoms with Crippen LogP contribution < -0.4 is 0 Å². The number of benzene rings is 1. The first-order valence-electron chi connectivity index (χ1n) is 9.22. The number of hydrogen-bond acceptors (Lipinski definition) is 1. The first kappa shape index (κ1) is 18.9. The molecule has 2 unspecified atom stereocenters. The Morgan fingerprint density at radius 1 is 1.05 bits per heavy atom. The number of aryl methyl sites for hydroxylation is 1. The van der Waals surface area contributed by atoms with Crippen LogP contribution in [0.4, 0.5) is 0 Å². The molecule has 1 nitrogen and oxygen atoms in total. The summed E-state index contributed by atoms with van der Waals surface area (Å²) in [5, 5.41) is 0. The summed E-state index contributed by atoms with van der Waals surface area (Å²) in [5.74, 6) is 1.92. The molecular weight excluding hydrogens is 268 g/mol. The van der Waals surface area contributed by atoms with Crippen molar-refractivity contribution in [3.05, 3.63) is 35.4 Å². The molecule has 0 aliphatic carbocycles. The van der Waals surface area contributed by atoms with E-state index in [4.69, 9.17) is 0 Å². The van der Waals surface area contributed by atoms with Crippen molar-refractivity contribution >= 4 is 5.78 Å². The van der Waals surface area contributed by atoms with Crippen LogP contribution in [-0.4, -0.2) is 5.78 Å². The van der Waals surface area contributed by atoms with Crippen molar-refractivity contribution in [1.29, 1.82) is 0 Å². The zero-order valence-electron chi connectivity index (χ0n) is 15.0. The molecule has 2 atom stereocenters. The Hall–Kier alpha value is -1.11. The molecule has 0 saturated heterocycles. The Kier molecular flexibility index (Phi) is 9.11. The summed E-state index contributed by atoms with van der Waals surface area (Å²) in [6.07, 6.45) is 9.14. The Bertz CT molecular complexity index is 418. The van der Waals surface area contributed by atoms with E-state index in [-0.39, 0.29) is 0 Å². The van der Waals surface area contributed by atoms with Crippen LogP contribution in [-0.2, 0) is 6.42 Å². The fourth-order valence-corrected chi connectivity index (χ4v) is 3.29. The van der Waals surface area contributed by atoms with E-state index in [0.29, 0.717) is 12.2 Å². The first-order valence-corrected chi connectivity index (χ1v) is 9.22. The normalized spacial score (nSPS) is 13.8. The van der Waals surface area contributed by atoms with E-state index < -0.39 is 0 Å². The van der Waals surface area contributed by atoms with Gasteiger partial charge in [0.2, 0.25) is 0 Å². The van der Waals surface area contributed by atoms with Crippen LogP contribution in [0, 0.1) is 11.8 Å². The van der Waals surface area contributed by atoms with Crippen LogP contribution >= 0.6 is 0 Å². The van der Waals surface area contributed by atoms with Crippen LogP contribution in [0.3, 0.4) is 0 Å². The minimum absolute atomic E-state index is 0.305. The molecule has 124 valence electrons. The maximum atomic E-state index is 12.2.